The monoisotopic (exact) mass is 840 g/mol. The molecule has 3 N–H and O–H groups in total. The number of carboxylic acid groups (broad SMARTS) is 1. The molecule has 5 aliphatic heterocycles. The molecule has 2 spiro atoms. The molecule has 0 aromatic rings. The van der Waals surface area contributed by atoms with Crippen LogP contribution in [0.1, 0.15) is 140 Å². The van der Waals surface area contributed by atoms with Crippen molar-refractivity contribution in [3.8, 4) is 0 Å². The van der Waals surface area contributed by atoms with Gasteiger partial charge in [-0.05, 0) is 96.5 Å². The molecule has 59 heavy (non-hydrogen) atoms. The van der Waals surface area contributed by atoms with E-state index in [9.17, 15) is 29.7 Å². The SMILES string of the molecule is C=C(C)C(=O)N[C@H]1C=C[C@]2(O[C@H]([C@@H](CC)C(=O)[C@@H](C)[C@@H](O)[C@H](C)[C@@H]3O[C@@H]([C@@H](CC)C(=O)[O-])CC[C@@H]3C)[C@@H](C)C[C@H]2C)O[C@@]12CC[C@@](C)([C@H]1CC[C@](O)(CC)[C@H](C)O1)O2.[Na+]. The minimum absolute atomic E-state index is 0. The largest absolute Gasteiger partial charge is 1.00 e. The van der Waals surface area contributed by atoms with Crippen LogP contribution in [0.3, 0.4) is 0 Å². The zero-order valence-electron chi connectivity index (χ0n) is 38.1. The van der Waals surface area contributed by atoms with E-state index in [0.29, 0.717) is 63.4 Å². The summed E-state index contributed by atoms with van der Waals surface area (Å²) in [5, 5.41) is 37.9. The smallest absolute Gasteiger partial charge is 0.550 e. The fraction of sp³-hybridized carbons (Fsp3) is 0.848. The number of ether oxygens (including phenoxy) is 5. The molecule has 4 saturated heterocycles. The van der Waals surface area contributed by atoms with Gasteiger partial charge in [-0.25, -0.2) is 0 Å². The van der Waals surface area contributed by atoms with Gasteiger partial charge in [-0.2, -0.15) is 0 Å². The van der Waals surface area contributed by atoms with Gasteiger partial charge in [0.1, 0.15) is 11.8 Å². The van der Waals surface area contributed by atoms with Crippen LogP contribution in [-0.2, 0) is 38.1 Å². The second-order valence-corrected chi connectivity index (χ2v) is 19.2. The van der Waals surface area contributed by atoms with Crippen molar-refractivity contribution in [3.63, 3.8) is 0 Å². The van der Waals surface area contributed by atoms with E-state index >= 15 is 0 Å². The Morgan fingerprint density at radius 1 is 0.932 bits per heavy atom. The second kappa shape index (κ2) is 19.7. The molecule has 1 amide bonds. The summed E-state index contributed by atoms with van der Waals surface area (Å²) in [5.41, 5.74) is -1.35. The molecule has 5 heterocycles. The third-order valence-electron chi connectivity index (χ3n) is 15.1. The maximum absolute atomic E-state index is 14.6. The van der Waals surface area contributed by atoms with Gasteiger partial charge in [0.25, 0.3) is 0 Å². The maximum Gasteiger partial charge on any atom is 1.00 e. The molecule has 0 saturated carbocycles. The summed E-state index contributed by atoms with van der Waals surface area (Å²) in [6.07, 6.45) is 6.27. The summed E-state index contributed by atoms with van der Waals surface area (Å²) in [4.78, 5) is 39.6. The number of hydrogen-bond donors (Lipinski definition) is 3. The first-order valence-corrected chi connectivity index (χ1v) is 22.3. The first-order chi connectivity index (χ1) is 27.1. The molecule has 0 unspecified atom stereocenters. The van der Waals surface area contributed by atoms with Crippen LogP contribution in [0.2, 0.25) is 0 Å². The summed E-state index contributed by atoms with van der Waals surface area (Å²) in [6.45, 7) is 25.0. The number of amides is 1. The van der Waals surface area contributed by atoms with Crippen molar-refractivity contribution in [1.82, 2.24) is 5.32 Å². The normalized spacial score (nSPS) is 42.3. The number of Topliss-reactive ketones (excluding diaryl/α,β-unsaturated/α-hetero) is 1. The zero-order valence-corrected chi connectivity index (χ0v) is 40.1. The molecule has 330 valence electrons. The number of ketones is 1. The number of rotatable bonds is 14. The topological polar surface area (TPSA) is 173 Å². The van der Waals surface area contributed by atoms with Crippen molar-refractivity contribution in [2.24, 2.45) is 41.4 Å². The average molecular weight is 840 g/mol. The molecule has 0 aromatic heterocycles. The third kappa shape index (κ3) is 9.97. The molecule has 5 rings (SSSR count). The van der Waals surface area contributed by atoms with E-state index in [1.807, 2.05) is 60.6 Å². The third-order valence-corrected chi connectivity index (χ3v) is 15.1. The second-order valence-electron chi connectivity index (χ2n) is 19.2. The van der Waals surface area contributed by atoms with Crippen molar-refractivity contribution in [3.05, 3.63) is 24.3 Å². The fourth-order valence-corrected chi connectivity index (χ4v) is 10.9. The van der Waals surface area contributed by atoms with Gasteiger partial charge in [0.2, 0.25) is 5.91 Å². The van der Waals surface area contributed by atoms with E-state index in [1.54, 1.807) is 13.8 Å². The Bertz CT molecular complexity index is 1540. The number of aliphatic hydroxyl groups is 2. The molecule has 13 heteroatoms. The average Bonchev–Trinajstić information content (AvgIpc) is 3.52. The zero-order chi connectivity index (χ0) is 43.1. The Hall–Kier alpha value is -1.19. The molecule has 0 aliphatic carbocycles. The number of hydrogen-bond acceptors (Lipinski definition) is 11. The van der Waals surface area contributed by atoms with Crippen molar-refractivity contribution in [1.29, 1.82) is 0 Å². The van der Waals surface area contributed by atoms with Crippen molar-refractivity contribution >= 4 is 17.7 Å². The number of carboxylic acids is 1. The first kappa shape index (κ1) is 50.5. The number of nitrogens with one attached hydrogen (secondary N) is 1. The van der Waals surface area contributed by atoms with Crippen molar-refractivity contribution < 1.29 is 82.9 Å². The van der Waals surface area contributed by atoms with Gasteiger partial charge in [-0.3, -0.25) is 9.59 Å². The summed E-state index contributed by atoms with van der Waals surface area (Å²) < 4.78 is 34.3. The standard InChI is InChI=1S/C46H75NO11.Na/c1-13-32(42(51)52)34-17-16-26(6)39(55-34)30(10)37(48)29(9)38(49)33(14-2)40-27(7)24-28(8)45(56-40)21-18-35(47-41(50)25(4)5)46(58-45)23-22-43(12,57-46)36-19-20-44(53,15-3)31(11)54-36;/h18,21,26-37,39-40,48,53H,4,13-17,19-20,22-24H2,1-3,5-12H3,(H,47,50)(H,51,52);/q;+1/p-1/t26-,27-,28+,29-,30-,31-,32+,33-,34+,35-,36+,37+,39+,40-,43-,44+,45-,46-;/m0./s1. The number of aliphatic hydroxyl groups excluding tert-OH is 1. The van der Waals surface area contributed by atoms with E-state index in [-0.39, 0.29) is 71.2 Å². The summed E-state index contributed by atoms with van der Waals surface area (Å²) >= 11 is 0. The predicted molar refractivity (Wildman–Crippen MR) is 217 cm³/mol. The van der Waals surface area contributed by atoms with E-state index < -0.39 is 82.9 Å². The van der Waals surface area contributed by atoms with Crippen LogP contribution in [0.15, 0.2) is 24.3 Å². The van der Waals surface area contributed by atoms with Gasteiger partial charge in [0.05, 0.1) is 47.8 Å². The summed E-state index contributed by atoms with van der Waals surface area (Å²) in [6, 6.07) is -0.671. The van der Waals surface area contributed by atoms with Crippen LogP contribution in [0.5, 0.6) is 0 Å². The van der Waals surface area contributed by atoms with Crippen LogP contribution in [0, 0.1) is 41.4 Å². The van der Waals surface area contributed by atoms with Crippen LogP contribution < -0.4 is 40.0 Å². The molecule has 5 aliphatic rings. The minimum atomic E-state index is -1.33. The van der Waals surface area contributed by atoms with E-state index in [1.165, 1.54) is 0 Å². The fourth-order valence-electron chi connectivity index (χ4n) is 10.9. The number of carbonyl (C=O) groups is 3. The molecule has 4 fully saturated rings. The van der Waals surface area contributed by atoms with E-state index in [4.69, 9.17) is 23.7 Å². The van der Waals surface area contributed by atoms with Gasteiger partial charge < -0.3 is 49.1 Å². The summed E-state index contributed by atoms with van der Waals surface area (Å²) in [7, 11) is 0. The van der Waals surface area contributed by atoms with Gasteiger partial charge in [0.15, 0.2) is 11.6 Å². The Labute approximate surface area is 375 Å². The molecule has 0 aromatic carbocycles. The Kier molecular flexibility index (Phi) is 16.8. The van der Waals surface area contributed by atoms with Crippen LogP contribution in [0.25, 0.3) is 0 Å². The van der Waals surface area contributed by atoms with Gasteiger partial charge >= 0.3 is 29.6 Å². The van der Waals surface area contributed by atoms with Crippen LogP contribution in [0.4, 0.5) is 0 Å². The van der Waals surface area contributed by atoms with Gasteiger partial charge in [-0.1, -0.05) is 68.0 Å². The Balaban J connectivity index is 0.00000769. The Morgan fingerprint density at radius 2 is 1.59 bits per heavy atom. The Morgan fingerprint density at radius 3 is 2.17 bits per heavy atom. The molecular formula is C46H74NNaO11. The van der Waals surface area contributed by atoms with E-state index in [0.717, 1.165) is 6.42 Å². The van der Waals surface area contributed by atoms with Crippen LogP contribution in [-0.4, -0.2) is 93.3 Å². The number of aliphatic carboxylic acids is 1. The summed E-state index contributed by atoms with van der Waals surface area (Å²) in [5.74, 6) is -6.73. The van der Waals surface area contributed by atoms with Crippen molar-refractivity contribution in [2.75, 3.05) is 0 Å². The number of carbonyl (C=O) groups excluding carboxylic acids is 3. The molecule has 18 atom stereocenters. The maximum atomic E-state index is 14.6. The quantitative estimate of drug-likeness (QED) is 0.133. The van der Waals surface area contributed by atoms with Crippen LogP contribution >= 0.6 is 0 Å². The molecule has 0 bridgehead atoms. The van der Waals surface area contributed by atoms with Crippen molar-refractivity contribution in [2.45, 2.75) is 206 Å². The predicted octanol–water partition coefficient (Wildman–Crippen LogP) is 2.56. The van der Waals surface area contributed by atoms with Gasteiger partial charge in [0, 0.05) is 47.6 Å². The molecule has 12 nitrogen and oxygen atoms in total. The van der Waals surface area contributed by atoms with E-state index in [2.05, 4.69) is 25.7 Å². The van der Waals surface area contributed by atoms with Gasteiger partial charge in [-0.15, -0.1) is 0 Å². The first-order valence-electron chi connectivity index (χ1n) is 22.3. The molecule has 0 radical (unpaired) electrons. The minimum Gasteiger partial charge on any atom is -0.550 e. The molecular weight excluding hydrogens is 765 g/mol.